The predicted octanol–water partition coefficient (Wildman–Crippen LogP) is 3.09. The molecule has 0 aliphatic heterocycles. The molecule has 2 rings (SSSR count). The van der Waals surface area contributed by atoms with E-state index in [2.05, 4.69) is 10.4 Å². The quantitative estimate of drug-likeness (QED) is 0.294. The minimum absolute atomic E-state index is 0.119. The summed E-state index contributed by atoms with van der Waals surface area (Å²) in [7, 11) is 0. The zero-order valence-corrected chi connectivity index (χ0v) is 16.5. The van der Waals surface area contributed by atoms with Crippen LogP contribution in [0, 0.1) is 10.1 Å². The molecule has 2 aromatic rings. The Morgan fingerprint density at radius 3 is 2.29 bits per heavy atom. The molecule has 0 fully saturated rings. The predicted molar refractivity (Wildman–Crippen MR) is 98.9 cm³/mol. The van der Waals surface area contributed by atoms with E-state index in [1.165, 1.54) is 12.1 Å². The summed E-state index contributed by atoms with van der Waals surface area (Å²) in [5.74, 6) is -1.03. The minimum Gasteiger partial charge on any atom is -0.394 e. The van der Waals surface area contributed by atoms with E-state index in [9.17, 15) is 42.7 Å². The van der Waals surface area contributed by atoms with Crippen LogP contribution in [0.4, 0.5) is 23.2 Å². The highest BCUT2D eigenvalue weighted by atomic mass is 35.5. The van der Waals surface area contributed by atoms with Gasteiger partial charge in [0.05, 0.1) is 22.6 Å². The summed E-state index contributed by atoms with van der Waals surface area (Å²) in [6.45, 7) is 0.299. The smallest absolute Gasteiger partial charge is 0.283 e. The number of aromatic nitrogens is 2. The van der Waals surface area contributed by atoms with E-state index in [0.29, 0.717) is 4.68 Å². The second-order valence-electron chi connectivity index (χ2n) is 6.40. The third kappa shape index (κ3) is 5.29. The summed E-state index contributed by atoms with van der Waals surface area (Å²) < 4.78 is 52.9. The zero-order chi connectivity index (χ0) is 23.5. The number of carbonyl (C=O) groups excluding carboxylic acids is 1. The van der Waals surface area contributed by atoms with Gasteiger partial charge in [-0.2, -0.15) is 5.10 Å². The van der Waals surface area contributed by atoms with Crippen LogP contribution in [-0.4, -0.2) is 43.5 Å². The second-order valence-corrected chi connectivity index (χ2v) is 6.78. The highest BCUT2D eigenvalue weighted by Crippen LogP contribution is 2.36. The maximum atomic E-state index is 13.3. The molecule has 0 aliphatic rings. The summed E-state index contributed by atoms with van der Waals surface area (Å²) in [6.07, 6.45) is -8.08. The molecule has 1 amide bonds. The topological polar surface area (TPSA) is 131 Å². The van der Waals surface area contributed by atoms with Crippen molar-refractivity contribution in [2.24, 2.45) is 0 Å². The van der Waals surface area contributed by atoms with E-state index in [-0.39, 0.29) is 11.3 Å². The number of halogens is 5. The molecule has 0 radical (unpaired) electrons. The number of non-ortho nitro benzene ring substituents is 1. The first kappa shape index (κ1) is 24.5. The maximum absolute atomic E-state index is 13.3. The van der Waals surface area contributed by atoms with Crippen molar-refractivity contribution in [2.45, 2.75) is 38.0 Å². The maximum Gasteiger partial charge on any atom is 0.283 e. The van der Waals surface area contributed by atoms with Crippen molar-refractivity contribution in [3.05, 3.63) is 56.4 Å². The van der Waals surface area contributed by atoms with Gasteiger partial charge >= 0.3 is 0 Å². The lowest BCUT2D eigenvalue weighted by atomic mass is 10.0. The van der Waals surface area contributed by atoms with E-state index < -0.39 is 64.9 Å². The minimum atomic E-state index is -3.30. The van der Waals surface area contributed by atoms with Crippen LogP contribution in [0.5, 0.6) is 0 Å². The van der Waals surface area contributed by atoms with Crippen LogP contribution in [-0.2, 0) is 4.79 Å². The molecule has 31 heavy (non-hydrogen) atoms. The molecule has 1 aromatic carbocycles. The number of nitrogens with zero attached hydrogens (tertiary/aromatic N) is 3. The summed E-state index contributed by atoms with van der Waals surface area (Å²) in [5, 5.41) is 35.2. The highest BCUT2D eigenvalue weighted by Gasteiger charge is 2.33. The third-order valence-corrected chi connectivity index (χ3v) is 4.81. The van der Waals surface area contributed by atoms with Crippen LogP contribution in [0.1, 0.15) is 48.9 Å². The standard InChI is InChI=1S/C17H17ClF4N4O5/c1-7(25-13(16(21)22)11(18)12(24-25)15(19)20)17(29)23-10(6-27)14(28)8-2-4-9(5-3-8)26(30)31/h2-5,7,10,14-16,27-28H,6H2,1H3,(H,23,29). The number of benzene rings is 1. The Bertz CT molecular complexity index is 941. The van der Waals surface area contributed by atoms with Gasteiger partial charge in [-0.1, -0.05) is 11.6 Å². The lowest BCUT2D eigenvalue weighted by Crippen LogP contribution is -2.44. The molecular weight excluding hydrogens is 452 g/mol. The Morgan fingerprint density at radius 1 is 1.26 bits per heavy atom. The van der Waals surface area contributed by atoms with Crippen LogP contribution in [0.3, 0.4) is 0 Å². The van der Waals surface area contributed by atoms with E-state index in [1.807, 2.05) is 0 Å². The Labute approximate surface area is 177 Å². The Balaban J connectivity index is 2.24. The van der Waals surface area contributed by atoms with Crippen LogP contribution >= 0.6 is 11.6 Å². The average Bonchev–Trinajstić information content (AvgIpc) is 3.08. The van der Waals surface area contributed by atoms with Crippen molar-refractivity contribution in [3.8, 4) is 0 Å². The van der Waals surface area contributed by atoms with Gasteiger partial charge in [-0.05, 0) is 24.6 Å². The summed E-state index contributed by atoms with van der Waals surface area (Å²) in [6, 6.07) is 1.73. The van der Waals surface area contributed by atoms with Gasteiger partial charge in [-0.15, -0.1) is 0 Å². The van der Waals surface area contributed by atoms with Crippen LogP contribution in [0.15, 0.2) is 24.3 Å². The number of amides is 1. The van der Waals surface area contributed by atoms with Crippen molar-refractivity contribution in [1.29, 1.82) is 0 Å². The van der Waals surface area contributed by atoms with E-state index in [1.54, 1.807) is 0 Å². The molecule has 0 bridgehead atoms. The molecule has 3 atom stereocenters. The number of aliphatic hydroxyl groups excluding tert-OH is 2. The zero-order valence-electron chi connectivity index (χ0n) is 15.8. The molecule has 0 saturated carbocycles. The third-order valence-electron chi connectivity index (χ3n) is 4.42. The molecular formula is C17H17ClF4N4O5. The lowest BCUT2D eigenvalue weighted by Gasteiger charge is -2.25. The van der Waals surface area contributed by atoms with Crippen molar-refractivity contribution in [3.63, 3.8) is 0 Å². The number of alkyl halides is 4. The summed E-state index contributed by atoms with van der Waals surface area (Å²) in [4.78, 5) is 22.5. The first-order valence-electron chi connectivity index (χ1n) is 8.67. The lowest BCUT2D eigenvalue weighted by molar-refractivity contribution is -0.384. The first-order valence-corrected chi connectivity index (χ1v) is 9.05. The molecule has 3 N–H and O–H groups in total. The van der Waals surface area contributed by atoms with Gasteiger partial charge in [0, 0.05) is 12.1 Å². The van der Waals surface area contributed by atoms with Crippen LogP contribution in [0.2, 0.25) is 5.02 Å². The fourth-order valence-corrected chi connectivity index (χ4v) is 3.03. The Hall–Kier alpha value is -2.77. The normalized spacial score (nSPS) is 14.5. The van der Waals surface area contributed by atoms with Crippen LogP contribution in [0.25, 0.3) is 0 Å². The first-order chi connectivity index (χ1) is 14.5. The van der Waals surface area contributed by atoms with E-state index in [0.717, 1.165) is 19.1 Å². The number of hydrogen-bond donors (Lipinski definition) is 3. The molecule has 14 heteroatoms. The summed E-state index contributed by atoms with van der Waals surface area (Å²) in [5.41, 5.74) is -2.32. The molecule has 9 nitrogen and oxygen atoms in total. The highest BCUT2D eigenvalue weighted by molar-refractivity contribution is 6.32. The molecule has 1 aromatic heterocycles. The number of rotatable bonds is 9. The fraction of sp³-hybridized carbons (Fsp3) is 0.412. The molecule has 170 valence electrons. The van der Waals surface area contributed by atoms with Crippen molar-refractivity contribution < 1.29 is 37.5 Å². The monoisotopic (exact) mass is 468 g/mol. The molecule has 0 aliphatic carbocycles. The van der Waals surface area contributed by atoms with Crippen molar-refractivity contribution in [1.82, 2.24) is 15.1 Å². The van der Waals surface area contributed by atoms with Gasteiger partial charge in [-0.3, -0.25) is 14.9 Å². The van der Waals surface area contributed by atoms with Gasteiger partial charge in [-0.25, -0.2) is 22.2 Å². The summed E-state index contributed by atoms with van der Waals surface area (Å²) >= 11 is 5.56. The van der Waals surface area contributed by atoms with Crippen molar-refractivity contribution in [2.75, 3.05) is 6.61 Å². The molecule has 0 spiro atoms. The molecule has 1 heterocycles. The average molecular weight is 469 g/mol. The van der Waals surface area contributed by atoms with Gasteiger partial charge < -0.3 is 15.5 Å². The Morgan fingerprint density at radius 2 is 1.84 bits per heavy atom. The number of nitro benzene ring substituents is 1. The fourth-order valence-electron chi connectivity index (χ4n) is 2.74. The second kappa shape index (κ2) is 10.0. The number of aliphatic hydroxyl groups is 2. The number of carbonyl (C=O) groups is 1. The van der Waals surface area contributed by atoms with Crippen LogP contribution < -0.4 is 5.32 Å². The van der Waals surface area contributed by atoms with Gasteiger partial charge in [0.25, 0.3) is 18.5 Å². The molecule has 0 saturated heterocycles. The number of nitrogens with one attached hydrogen (secondary N) is 1. The largest absolute Gasteiger partial charge is 0.394 e. The number of nitro groups is 1. The number of hydrogen-bond acceptors (Lipinski definition) is 6. The van der Waals surface area contributed by atoms with Gasteiger partial charge in [0.2, 0.25) is 5.91 Å². The van der Waals surface area contributed by atoms with E-state index >= 15 is 0 Å². The van der Waals surface area contributed by atoms with Gasteiger partial charge in [0.1, 0.15) is 23.5 Å². The van der Waals surface area contributed by atoms with Gasteiger partial charge in [0.15, 0.2) is 0 Å². The SMILES string of the molecule is CC(C(=O)NC(CO)C(O)c1ccc([N+](=O)[O-])cc1)n1nc(C(F)F)c(Cl)c1C(F)F. The molecule has 3 unspecified atom stereocenters. The van der Waals surface area contributed by atoms with Crippen molar-refractivity contribution >= 4 is 23.2 Å². The Kier molecular flexibility index (Phi) is 7.92. The van der Waals surface area contributed by atoms with E-state index in [4.69, 9.17) is 11.6 Å².